The molecule has 0 bridgehead atoms. The Kier molecular flexibility index (Phi) is 6.29. The quantitative estimate of drug-likeness (QED) is 0.409. The molecular weight excluding hydrogens is 471 g/mol. The Morgan fingerprint density at radius 1 is 1.19 bits per heavy atom. The molecule has 190 valence electrons. The highest BCUT2D eigenvalue weighted by atomic mass is 19.4. The molecular formula is C24H28F3N9. The number of nitrogens with one attached hydrogen (secondary N) is 1. The number of halogens is 3. The number of piperidine rings is 1. The molecule has 1 fully saturated rings. The number of nitrogens with zero attached hydrogens (tertiary/aromatic N) is 7. The van der Waals surface area contributed by atoms with E-state index in [9.17, 15) is 13.2 Å². The molecule has 0 aliphatic carbocycles. The molecule has 9 nitrogen and oxygen atoms in total. The molecule has 0 saturated carbocycles. The van der Waals surface area contributed by atoms with E-state index in [4.69, 9.17) is 10.7 Å². The molecule has 0 spiro atoms. The van der Waals surface area contributed by atoms with Crippen molar-refractivity contribution in [3.05, 3.63) is 42.5 Å². The second kappa shape index (κ2) is 9.41. The predicted octanol–water partition coefficient (Wildman–Crippen LogP) is 4.25. The number of nitrogens with two attached hydrogens (primary N) is 1. The Morgan fingerprint density at radius 2 is 2.03 bits per heavy atom. The summed E-state index contributed by atoms with van der Waals surface area (Å²) in [7, 11) is 0. The maximum Gasteiger partial charge on any atom is 0.408 e. The monoisotopic (exact) mass is 499 g/mol. The van der Waals surface area contributed by atoms with Gasteiger partial charge in [0, 0.05) is 66.3 Å². The largest absolute Gasteiger partial charge is 0.408 e. The molecule has 4 aromatic heterocycles. The highest BCUT2D eigenvalue weighted by molar-refractivity contribution is 5.82. The maximum absolute atomic E-state index is 12.9. The first-order valence-electron chi connectivity index (χ1n) is 11.9. The fourth-order valence-electron chi connectivity index (χ4n) is 4.63. The van der Waals surface area contributed by atoms with E-state index in [1.165, 1.54) is 12.4 Å². The van der Waals surface area contributed by atoms with Gasteiger partial charge in [0.05, 0.1) is 11.9 Å². The van der Waals surface area contributed by atoms with E-state index in [2.05, 4.69) is 25.4 Å². The van der Waals surface area contributed by atoms with Gasteiger partial charge in [-0.15, -0.1) is 0 Å². The molecule has 0 radical (unpaired) electrons. The summed E-state index contributed by atoms with van der Waals surface area (Å²) in [5.74, 6) is 1.19. The zero-order valence-corrected chi connectivity index (χ0v) is 20.1. The number of anilines is 3. The van der Waals surface area contributed by atoms with Gasteiger partial charge in [-0.2, -0.15) is 23.4 Å². The highest BCUT2D eigenvalue weighted by Crippen LogP contribution is 2.34. The number of pyridine rings is 2. The van der Waals surface area contributed by atoms with Gasteiger partial charge in [-0.1, -0.05) is 0 Å². The Hall–Kier alpha value is -3.67. The summed E-state index contributed by atoms with van der Waals surface area (Å²) < 4.78 is 41.3. The number of rotatable bonds is 6. The van der Waals surface area contributed by atoms with E-state index < -0.39 is 12.7 Å². The number of hydrogen-bond donors (Lipinski definition) is 2. The fraction of sp³-hybridized carbons (Fsp3) is 0.417. The van der Waals surface area contributed by atoms with Gasteiger partial charge in [0.25, 0.3) is 0 Å². The molecule has 0 aromatic carbocycles. The Morgan fingerprint density at radius 3 is 2.78 bits per heavy atom. The summed E-state index contributed by atoms with van der Waals surface area (Å²) in [6.07, 6.45) is 2.00. The minimum Gasteiger partial charge on any atom is -0.369 e. The van der Waals surface area contributed by atoms with Gasteiger partial charge in [-0.25, -0.2) is 14.6 Å². The van der Waals surface area contributed by atoms with Crippen molar-refractivity contribution in [3.63, 3.8) is 0 Å². The molecule has 3 N–H and O–H groups in total. The van der Waals surface area contributed by atoms with Crippen molar-refractivity contribution in [3.8, 4) is 11.1 Å². The topological polar surface area (TPSA) is 103 Å². The van der Waals surface area contributed by atoms with Crippen molar-refractivity contribution in [1.29, 1.82) is 0 Å². The van der Waals surface area contributed by atoms with Gasteiger partial charge in [0.2, 0.25) is 0 Å². The van der Waals surface area contributed by atoms with Crippen LogP contribution in [0.15, 0.2) is 36.8 Å². The van der Waals surface area contributed by atoms with E-state index >= 15 is 0 Å². The summed E-state index contributed by atoms with van der Waals surface area (Å²) >= 11 is 0. The van der Waals surface area contributed by atoms with E-state index in [1.807, 2.05) is 36.7 Å². The zero-order chi connectivity index (χ0) is 25.4. The van der Waals surface area contributed by atoms with Gasteiger partial charge in [-0.3, -0.25) is 4.68 Å². The van der Waals surface area contributed by atoms with Crippen molar-refractivity contribution >= 4 is 28.4 Å². The third kappa shape index (κ3) is 4.99. The lowest BCUT2D eigenvalue weighted by Crippen LogP contribution is -2.43. The van der Waals surface area contributed by atoms with Crippen molar-refractivity contribution in [2.75, 3.05) is 23.3 Å². The van der Waals surface area contributed by atoms with Crippen LogP contribution in [0.1, 0.15) is 25.5 Å². The average Bonchev–Trinajstić information content (AvgIpc) is 3.41. The molecule has 1 aliphatic rings. The third-order valence-electron chi connectivity index (χ3n) is 6.30. The summed E-state index contributed by atoms with van der Waals surface area (Å²) in [5.41, 5.74) is 10.0. The zero-order valence-electron chi connectivity index (χ0n) is 20.1. The summed E-state index contributed by atoms with van der Waals surface area (Å²) in [4.78, 5) is 11.4. The van der Waals surface area contributed by atoms with Gasteiger partial charge in [0.1, 0.15) is 18.2 Å². The molecule has 4 aromatic rings. The highest BCUT2D eigenvalue weighted by Gasteiger charge is 2.29. The van der Waals surface area contributed by atoms with E-state index in [-0.39, 0.29) is 6.04 Å². The van der Waals surface area contributed by atoms with Gasteiger partial charge < -0.3 is 16.0 Å². The number of hydrogen-bond acceptors (Lipinski definition) is 7. The second-order valence-electron chi connectivity index (χ2n) is 9.07. The first kappa shape index (κ1) is 24.0. The van der Waals surface area contributed by atoms with Crippen LogP contribution in [0.3, 0.4) is 0 Å². The first-order valence-corrected chi connectivity index (χ1v) is 11.9. The fourth-order valence-corrected chi connectivity index (χ4v) is 4.63. The molecule has 1 atom stereocenters. The van der Waals surface area contributed by atoms with Crippen LogP contribution in [0, 0.1) is 6.92 Å². The normalized spacial score (nSPS) is 16.6. The molecule has 5 rings (SSSR count). The average molecular weight is 500 g/mol. The molecule has 12 heteroatoms. The minimum absolute atomic E-state index is 0.0192. The van der Waals surface area contributed by atoms with Crippen LogP contribution in [0.4, 0.5) is 30.5 Å². The molecule has 0 amide bonds. The van der Waals surface area contributed by atoms with E-state index in [0.717, 1.165) is 46.5 Å². The summed E-state index contributed by atoms with van der Waals surface area (Å²) in [6, 6.07) is 5.77. The SMILES string of the molecule is CCn1nc(C)c2ccc(Nc3cc(N4CCC[C@H](N)C4)c(-c4cnn(CC(F)(F)F)c4)cn3)nc21. The first-order chi connectivity index (χ1) is 17.2. The lowest BCUT2D eigenvalue weighted by atomic mass is 10.0. The van der Waals surface area contributed by atoms with Crippen molar-refractivity contribution < 1.29 is 13.2 Å². The second-order valence-corrected chi connectivity index (χ2v) is 9.07. The summed E-state index contributed by atoms with van der Waals surface area (Å²) in [5, 5.41) is 12.7. The van der Waals surface area contributed by atoms with Crippen molar-refractivity contribution in [1.82, 2.24) is 29.5 Å². The van der Waals surface area contributed by atoms with Crippen LogP contribution in [0.2, 0.25) is 0 Å². The molecule has 1 aliphatic heterocycles. The molecule has 36 heavy (non-hydrogen) atoms. The molecule has 5 heterocycles. The Balaban J connectivity index is 1.50. The molecule has 1 saturated heterocycles. The van der Waals surface area contributed by atoms with Gasteiger partial charge >= 0.3 is 6.18 Å². The van der Waals surface area contributed by atoms with Crippen LogP contribution in [-0.2, 0) is 13.1 Å². The van der Waals surface area contributed by atoms with Crippen molar-refractivity contribution in [2.24, 2.45) is 5.73 Å². The van der Waals surface area contributed by atoms with Gasteiger partial charge in [0.15, 0.2) is 5.65 Å². The number of aryl methyl sites for hydroxylation is 2. The lowest BCUT2D eigenvalue weighted by molar-refractivity contribution is -0.142. The smallest absolute Gasteiger partial charge is 0.369 e. The maximum atomic E-state index is 12.9. The number of aromatic nitrogens is 6. The predicted molar refractivity (Wildman–Crippen MR) is 132 cm³/mol. The van der Waals surface area contributed by atoms with Crippen molar-refractivity contribution in [2.45, 2.75) is 52.0 Å². The number of alkyl halides is 3. The van der Waals surface area contributed by atoms with Crippen LogP contribution in [0.25, 0.3) is 22.2 Å². The lowest BCUT2D eigenvalue weighted by Gasteiger charge is -2.34. The molecule has 0 unspecified atom stereocenters. The van der Waals surface area contributed by atoms with Gasteiger partial charge in [-0.05, 0) is 38.8 Å². The van der Waals surface area contributed by atoms with E-state index in [0.29, 0.717) is 35.9 Å². The number of fused-ring (bicyclic) bond motifs is 1. The Labute approximate surface area is 206 Å². The van der Waals surface area contributed by atoms with Crippen LogP contribution >= 0.6 is 0 Å². The third-order valence-corrected chi connectivity index (χ3v) is 6.30. The standard InChI is InChI=1S/C24H28F3N9/c1-3-36-23-18(15(2)33-36)6-7-21(32-23)31-22-9-20(34-8-4-5-17(28)13-34)19(11-29-22)16-10-30-35(12-16)14-24(25,26)27/h6-7,9-12,17H,3-5,8,13-14,28H2,1-2H3,(H,29,31,32)/t17-/m0/s1. The summed E-state index contributed by atoms with van der Waals surface area (Å²) in [6.45, 7) is 4.96. The van der Waals surface area contributed by atoms with Crippen LogP contribution in [0.5, 0.6) is 0 Å². The Bertz CT molecular complexity index is 1380. The van der Waals surface area contributed by atoms with Crippen LogP contribution in [-0.4, -0.2) is 54.8 Å². The van der Waals surface area contributed by atoms with E-state index in [1.54, 1.807) is 6.20 Å². The minimum atomic E-state index is -4.35. The van der Waals surface area contributed by atoms with Crippen LogP contribution < -0.4 is 16.0 Å².